The predicted octanol–water partition coefficient (Wildman–Crippen LogP) is -2.89. The Morgan fingerprint density at radius 3 is 2.38 bits per heavy atom. The van der Waals surface area contributed by atoms with Crippen LogP contribution in [-0.2, 0) is 19.3 Å². The molecule has 94 valence electrons. The van der Waals surface area contributed by atoms with E-state index in [-0.39, 0.29) is 12.4 Å². The van der Waals surface area contributed by atoms with Crippen molar-refractivity contribution in [2.24, 2.45) is 27.3 Å². The number of nitrogens with two attached hydrogens (primary N) is 4. The average molecular weight is 253 g/mol. The molecule has 0 saturated carbocycles. The van der Waals surface area contributed by atoms with Gasteiger partial charge in [0.1, 0.15) is 6.04 Å². The SMILES string of the molecule is NC(N)=NCCCC(N)C(=O)OS(N)(=O)=O. The Hall–Kier alpha value is -1.39. The van der Waals surface area contributed by atoms with E-state index in [0.29, 0.717) is 13.0 Å². The molecule has 8 N–H and O–H groups in total. The molecule has 0 bridgehead atoms. The molecule has 10 heteroatoms. The molecule has 0 aliphatic carbocycles. The fraction of sp³-hybridized carbons (Fsp3) is 0.667. The summed E-state index contributed by atoms with van der Waals surface area (Å²) in [7, 11) is -4.31. The maximum atomic E-state index is 11.0. The Kier molecular flexibility index (Phi) is 5.71. The molecule has 0 aromatic heterocycles. The van der Waals surface area contributed by atoms with Gasteiger partial charge in [0.15, 0.2) is 5.96 Å². The van der Waals surface area contributed by atoms with Gasteiger partial charge >= 0.3 is 16.3 Å². The first kappa shape index (κ1) is 14.6. The van der Waals surface area contributed by atoms with Gasteiger partial charge in [-0.25, -0.2) is 4.79 Å². The van der Waals surface area contributed by atoms with E-state index < -0.39 is 22.3 Å². The predicted molar refractivity (Wildman–Crippen MR) is 57.1 cm³/mol. The van der Waals surface area contributed by atoms with E-state index >= 15 is 0 Å². The lowest BCUT2D eigenvalue weighted by atomic mass is 10.2. The molecule has 9 nitrogen and oxygen atoms in total. The maximum Gasteiger partial charge on any atom is 0.382 e. The fourth-order valence-corrected chi connectivity index (χ4v) is 1.17. The average Bonchev–Trinajstić information content (AvgIpc) is 2.08. The smallest absolute Gasteiger partial charge is 0.370 e. The topological polar surface area (TPSA) is 177 Å². The molecule has 0 heterocycles. The second-order valence-corrected chi connectivity index (χ2v) is 4.10. The molecule has 0 aromatic rings. The molecule has 0 radical (unpaired) electrons. The summed E-state index contributed by atoms with van der Waals surface area (Å²) in [5.74, 6) is -1.17. The summed E-state index contributed by atoms with van der Waals surface area (Å²) >= 11 is 0. The van der Waals surface area contributed by atoms with Gasteiger partial charge in [-0.15, -0.1) is 0 Å². The summed E-state index contributed by atoms with van der Waals surface area (Å²) in [5, 5.41) is 4.49. The van der Waals surface area contributed by atoms with Gasteiger partial charge in [-0.2, -0.15) is 13.6 Å². The molecule has 0 aromatic carbocycles. The number of hydrogen-bond donors (Lipinski definition) is 4. The highest BCUT2D eigenvalue weighted by Gasteiger charge is 2.19. The number of aliphatic imine (C=N–C) groups is 1. The minimum atomic E-state index is -4.31. The largest absolute Gasteiger partial charge is 0.382 e. The van der Waals surface area contributed by atoms with Gasteiger partial charge in [-0.3, -0.25) is 4.99 Å². The van der Waals surface area contributed by atoms with Crippen LogP contribution in [0.1, 0.15) is 12.8 Å². The zero-order chi connectivity index (χ0) is 12.8. The van der Waals surface area contributed by atoms with Crippen LogP contribution in [0.5, 0.6) is 0 Å². The van der Waals surface area contributed by atoms with Gasteiger partial charge in [-0.1, -0.05) is 0 Å². The van der Waals surface area contributed by atoms with E-state index in [4.69, 9.17) is 17.2 Å². The summed E-state index contributed by atoms with van der Waals surface area (Å²) in [4.78, 5) is 14.6. The lowest BCUT2D eigenvalue weighted by molar-refractivity contribution is -0.135. The Morgan fingerprint density at radius 1 is 1.38 bits per heavy atom. The van der Waals surface area contributed by atoms with Crippen LogP contribution in [0.3, 0.4) is 0 Å². The number of guanidine groups is 1. The molecule has 16 heavy (non-hydrogen) atoms. The molecule has 0 rings (SSSR count). The lowest BCUT2D eigenvalue weighted by Gasteiger charge is -2.08. The van der Waals surface area contributed by atoms with Crippen LogP contribution in [0.4, 0.5) is 0 Å². The first-order valence-electron chi connectivity index (χ1n) is 4.29. The van der Waals surface area contributed by atoms with Gasteiger partial charge < -0.3 is 21.4 Å². The van der Waals surface area contributed by atoms with E-state index in [0.717, 1.165) is 0 Å². The second kappa shape index (κ2) is 6.25. The third-order valence-corrected chi connectivity index (χ3v) is 1.87. The van der Waals surface area contributed by atoms with E-state index in [1.807, 2.05) is 0 Å². The summed E-state index contributed by atoms with van der Waals surface area (Å²) in [6.45, 7) is 0.290. The van der Waals surface area contributed by atoms with Crippen molar-refractivity contribution in [2.75, 3.05) is 6.54 Å². The monoisotopic (exact) mass is 253 g/mol. The molecule has 0 aliphatic heterocycles. The van der Waals surface area contributed by atoms with Crippen molar-refractivity contribution in [1.29, 1.82) is 0 Å². The van der Waals surface area contributed by atoms with Crippen molar-refractivity contribution in [3.05, 3.63) is 0 Å². The summed E-state index contributed by atoms with van der Waals surface area (Å²) in [5.41, 5.74) is 15.5. The molecule has 0 saturated heterocycles. The van der Waals surface area contributed by atoms with Crippen LogP contribution in [0.25, 0.3) is 0 Å². The molecule has 0 aliphatic rings. The van der Waals surface area contributed by atoms with E-state index in [1.165, 1.54) is 0 Å². The molecule has 1 unspecified atom stereocenters. The zero-order valence-electron chi connectivity index (χ0n) is 8.50. The van der Waals surface area contributed by atoms with Crippen molar-refractivity contribution >= 4 is 22.2 Å². The second-order valence-electron chi connectivity index (χ2n) is 2.95. The number of hydrogen-bond acceptors (Lipinski definition) is 6. The zero-order valence-corrected chi connectivity index (χ0v) is 9.31. The summed E-state index contributed by atoms with van der Waals surface area (Å²) < 4.78 is 24.7. The lowest BCUT2D eigenvalue weighted by Crippen LogP contribution is -2.35. The maximum absolute atomic E-state index is 11.0. The van der Waals surface area contributed by atoms with Gasteiger partial charge in [0.25, 0.3) is 0 Å². The Morgan fingerprint density at radius 2 is 1.94 bits per heavy atom. The summed E-state index contributed by atoms with van der Waals surface area (Å²) in [6, 6.07) is -1.08. The van der Waals surface area contributed by atoms with Gasteiger partial charge in [0, 0.05) is 6.54 Å². The van der Waals surface area contributed by atoms with Crippen molar-refractivity contribution in [3.63, 3.8) is 0 Å². The quantitative estimate of drug-likeness (QED) is 0.223. The van der Waals surface area contributed by atoms with Crippen LogP contribution in [0.2, 0.25) is 0 Å². The van der Waals surface area contributed by atoms with Crippen LogP contribution >= 0.6 is 0 Å². The standard InChI is InChI=1S/C6H15N5O4S/c7-4(2-1-3-11-6(8)9)5(12)15-16(10,13)14/h4H,1-3,7H2,(H4,8,9,11)(H2,10,13,14). The number of carbonyl (C=O) groups is 1. The number of nitrogens with zero attached hydrogens (tertiary/aromatic N) is 1. The molecule has 0 fully saturated rings. The Bertz CT molecular complexity index is 361. The van der Waals surface area contributed by atoms with Crippen LogP contribution in [0.15, 0.2) is 4.99 Å². The third kappa shape index (κ3) is 7.96. The van der Waals surface area contributed by atoms with Crippen LogP contribution in [0, 0.1) is 0 Å². The third-order valence-electron chi connectivity index (χ3n) is 1.47. The molecular weight excluding hydrogens is 238 g/mol. The van der Waals surface area contributed by atoms with Crippen molar-refractivity contribution < 1.29 is 17.4 Å². The molecule has 0 amide bonds. The van der Waals surface area contributed by atoms with E-state index in [1.54, 1.807) is 0 Å². The minimum absolute atomic E-state index is 0.0688. The van der Waals surface area contributed by atoms with E-state index in [2.05, 4.69) is 14.3 Å². The van der Waals surface area contributed by atoms with Crippen molar-refractivity contribution in [2.45, 2.75) is 18.9 Å². The molecular formula is C6H15N5O4S. The highest BCUT2D eigenvalue weighted by molar-refractivity contribution is 7.84. The number of carbonyl (C=O) groups excluding carboxylic acids is 1. The van der Waals surface area contributed by atoms with Gasteiger partial charge in [0.2, 0.25) is 0 Å². The van der Waals surface area contributed by atoms with E-state index in [9.17, 15) is 13.2 Å². The van der Waals surface area contributed by atoms with Crippen molar-refractivity contribution in [3.8, 4) is 0 Å². The first-order chi connectivity index (χ1) is 7.22. The number of rotatable bonds is 6. The Balaban J connectivity index is 3.94. The van der Waals surface area contributed by atoms with Gasteiger partial charge in [0.05, 0.1) is 0 Å². The Labute approximate surface area is 93.1 Å². The normalized spacial score (nSPS) is 12.9. The summed E-state index contributed by atoms with van der Waals surface area (Å²) in [6.07, 6.45) is 0.601. The molecule has 0 spiro atoms. The van der Waals surface area contributed by atoms with Crippen molar-refractivity contribution in [1.82, 2.24) is 0 Å². The first-order valence-corrected chi connectivity index (χ1v) is 5.76. The minimum Gasteiger partial charge on any atom is -0.370 e. The highest BCUT2D eigenvalue weighted by atomic mass is 32.2. The van der Waals surface area contributed by atoms with Crippen LogP contribution < -0.4 is 22.3 Å². The highest BCUT2D eigenvalue weighted by Crippen LogP contribution is 1.99. The fourth-order valence-electron chi connectivity index (χ4n) is 0.813. The van der Waals surface area contributed by atoms with Crippen LogP contribution in [-0.4, -0.2) is 32.9 Å². The molecule has 1 atom stereocenters. The van der Waals surface area contributed by atoms with Gasteiger partial charge in [-0.05, 0) is 12.8 Å².